The van der Waals surface area contributed by atoms with Crippen molar-refractivity contribution in [2.45, 2.75) is 44.4 Å². The standard InChI is InChI=1S/C30H30F6N4O6/c1-28(2)25(40(43)26(41)37-20-10-6-8-18(14-20)29(31,32)33)39(21-11-7-9-19(15-21)30(34,35)36)27(42)38(28)16-17-12-22(44-3)24(46-5)23(13-17)45-4/h6-15,25,43H,16H2,1-5H3,(H,37,41)/t25-/m0/s1. The molecule has 46 heavy (non-hydrogen) atoms. The van der Waals surface area contributed by atoms with Crippen LogP contribution in [-0.2, 0) is 18.9 Å². The summed E-state index contributed by atoms with van der Waals surface area (Å²) < 4.78 is 96.8. The van der Waals surface area contributed by atoms with Gasteiger partial charge in [0.1, 0.15) is 0 Å². The first-order valence-corrected chi connectivity index (χ1v) is 13.5. The number of hydrogen-bond donors (Lipinski definition) is 2. The first kappa shape index (κ1) is 34.0. The van der Waals surface area contributed by atoms with Gasteiger partial charge in [-0.2, -0.15) is 31.4 Å². The van der Waals surface area contributed by atoms with Crippen LogP contribution in [0.3, 0.4) is 0 Å². The zero-order valence-electron chi connectivity index (χ0n) is 25.2. The fraction of sp³-hybridized carbons (Fsp3) is 0.333. The molecule has 0 radical (unpaired) electrons. The molecule has 248 valence electrons. The van der Waals surface area contributed by atoms with Crippen molar-refractivity contribution in [1.82, 2.24) is 9.96 Å². The highest BCUT2D eigenvalue weighted by molar-refractivity contribution is 5.98. The normalized spacial score (nSPS) is 16.3. The van der Waals surface area contributed by atoms with Gasteiger partial charge in [-0.3, -0.25) is 10.1 Å². The van der Waals surface area contributed by atoms with Gasteiger partial charge >= 0.3 is 24.4 Å². The van der Waals surface area contributed by atoms with Crippen molar-refractivity contribution >= 4 is 23.4 Å². The Bertz CT molecular complexity index is 1590. The zero-order valence-corrected chi connectivity index (χ0v) is 25.2. The Morgan fingerprint density at radius 3 is 1.96 bits per heavy atom. The highest BCUT2D eigenvalue weighted by Crippen LogP contribution is 2.43. The number of carbonyl (C=O) groups is 2. The number of rotatable bonds is 8. The van der Waals surface area contributed by atoms with Gasteiger partial charge in [-0.1, -0.05) is 12.1 Å². The molecule has 3 aromatic rings. The average Bonchev–Trinajstić information content (AvgIpc) is 3.19. The van der Waals surface area contributed by atoms with Crippen LogP contribution < -0.4 is 24.4 Å². The van der Waals surface area contributed by atoms with Crippen LogP contribution in [0.4, 0.5) is 47.3 Å². The third-order valence-electron chi connectivity index (χ3n) is 7.41. The van der Waals surface area contributed by atoms with Gasteiger partial charge in [0.2, 0.25) is 5.75 Å². The van der Waals surface area contributed by atoms with Crippen molar-refractivity contribution in [2.24, 2.45) is 0 Å². The number of alkyl halides is 6. The summed E-state index contributed by atoms with van der Waals surface area (Å²) in [5.74, 6) is 0.755. The first-order chi connectivity index (χ1) is 21.4. The van der Waals surface area contributed by atoms with E-state index in [0.717, 1.165) is 35.2 Å². The molecule has 0 unspecified atom stereocenters. The quantitative estimate of drug-likeness (QED) is 0.151. The molecule has 1 fully saturated rings. The van der Waals surface area contributed by atoms with Crippen LogP contribution in [0.15, 0.2) is 60.7 Å². The molecule has 1 atom stereocenters. The molecule has 0 aromatic heterocycles. The minimum absolute atomic E-state index is 0.0631. The maximum atomic E-state index is 14.1. The lowest BCUT2D eigenvalue weighted by molar-refractivity contribution is -0.138. The average molecular weight is 657 g/mol. The molecule has 1 heterocycles. The number of benzene rings is 3. The smallest absolute Gasteiger partial charge is 0.416 e. The number of anilines is 2. The third-order valence-corrected chi connectivity index (χ3v) is 7.41. The van der Waals surface area contributed by atoms with Crippen LogP contribution in [0.1, 0.15) is 30.5 Å². The van der Waals surface area contributed by atoms with Gasteiger partial charge in [0, 0.05) is 17.9 Å². The molecule has 0 saturated carbocycles. The van der Waals surface area contributed by atoms with E-state index in [1.165, 1.54) is 46.1 Å². The Morgan fingerprint density at radius 1 is 0.891 bits per heavy atom. The molecule has 0 aliphatic carbocycles. The molecule has 2 N–H and O–H groups in total. The summed E-state index contributed by atoms with van der Waals surface area (Å²) in [6.07, 6.45) is -11.2. The fourth-order valence-corrected chi connectivity index (χ4v) is 5.17. The van der Waals surface area contributed by atoms with Gasteiger partial charge in [0.05, 0.1) is 38.0 Å². The number of hydrogen-bond acceptors (Lipinski definition) is 6. The van der Waals surface area contributed by atoms with Gasteiger partial charge in [0.25, 0.3) is 0 Å². The number of methoxy groups -OCH3 is 3. The second-order valence-electron chi connectivity index (χ2n) is 10.7. The number of nitrogens with zero attached hydrogens (tertiary/aromatic N) is 3. The molecule has 4 amide bonds. The lowest BCUT2D eigenvalue weighted by atomic mass is 9.98. The first-order valence-electron chi connectivity index (χ1n) is 13.5. The lowest BCUT2D eigenvalue weighted by Gasteiger charge is -2.38. The van der Waals surface area contributed by atoms with E-state index in [4.69, 9.17) is 14.2 Å². The number of ether oxygens (including phenoxy) is 3. The van der Waals surface area contributed by atoms with Crippen molar-refractivity contribution in [3.05, 3.63) is 77.4 Å². The number of halogens is 6. The molecule has 3 aromatic carbocycles. The van der Waals surface area contributed by atoms with Gasteiger partial charge in [-0.25, -0.2) is 9.59 Å². The van der Waals surface area contributed by atoms with E-state index in [1.807, 2.05) is 0 Å². The van der Waals surface area contributed by atoms with E-state index in [1.54, 1.807) is 12.1 Å². The Labute approximate surface area is 259 Å². The Balaban J connectivity index is 1.78. The monoisotopic (exact) mass is 656 g/mol. The number of hydroxylamine groups is 2. The number of carbonyl (C=O) groups excluding carboxylic acids is 2. The Hall–Kier alpha value is -4.86. The summed E-state index contributed by atoms with van der Waals surface area (Å²) in [6.45, 7) is 2.71. The van der Waals surface area contributed by atoms with Crippen LogP contribution in [-0.4, -0.2) is 60.3 Å². The lowest BCUT2D eigenvalue weighted by Crippen LogP contribution is -2.58. The maximum Gasteiger partial charge on any atom is 0.416 e. The van der Waals surface area contributed by atoms with Crippen LogP contribution in [0.25, 0.3) is 0 Å². The van der Waals surface area contributed by atoms with Gasteiger partial charge in [-0.05, 0) is 67.9 Å². The van der Waals surface area contributed by atoms with E-state index in [0.29, 0.717) is 17.7 Å². The van der Waals surface area contributed by atoms with Crippen molar-refractivity contribution in [1.29, 1.82) is 0 Å². The van der Waals surface area contributed by atoms with Gasteiger partial charge in [0.15, 0.2) is 17.7 Å². The van der Waals surface area contributed by atoms with Crippen LogP contribution in [0, 0.1) is 0 Å². The molecule has 1 aliphatic rings. The molecule has 1 aliphatic heterocycles. The molecule has 0 spiro atoms. The van der Waals surface area contributed by atoms with Crippen molar-refractivity contribution in [2.75, 3.05) is 31.5 Å². The summed E-state index contributed by atoms with van der Waals surface area (Å²) in [5, 5.41) is 13.5. The van der Waals surface area contributed by atoms with E-state index >= 15 is 0 Å². The van der Waals surface area contributed by atoms with E-state index in [2.05, 4.69) is 5.32 Å². The molecule has 0 bridgehead atoms. The van der Waals surface area contributed by atoms with Crippen molar-refractivity contribution in [3.8, 4) is 17.2 Å². The second-order valence-corrected chi connectivity index (χ2v) is 10.7. The fourth-order valence-electron chi connectivity index (χ4n) is 5.17. The molecular formula is C30H30F6N4O6. The minimum atomic E-state index is -4.79. The summed E-state index contributed by atoms with van der Waals surface area (Å²) in [6, 6.07) is 8.17. The third kappa shape index (κ3) is 6.56. The van der Waals surface area contributed by atoms with E-state index < -0.39 is 47.2 Å². The Kier molecular flexibility index (Phi) is 9.24. The summed E-state index contributed by atoms with van der Waals surface area (Å²) in [4.78, 5) is 29.3. The molecule has 1 saturated heterocycles. The predicted octanol–water partition coefficient (Wildman–Crippen LogP) is 7.22. The predicted molar refractivity (Wildman–Crippen MR) is 153 cm³/mol. The van der Waals surface area contributed by atoms with E-state index in [9.17, 15) is 41.1 Å². The molecule has 4 rings (SSSR count). The summed E-state index contributed by atoms with van der Waals surface area (Å²) >= 11 is 0. The van der Waals surface area contributed by atoms with Crippen molar-refractivity contribution < 1.29 is 55.3 Å². The van der Waals surface area contributed by atoms with Crippen molar-refractivity contribution in [3.63, 3.8) is 0 Å². The minimum Gasteiger partial charge on any atom is -0.493 e. The highest BCUT2D eigenvalue weighted by atomic mass is 19.4. The van der Waals surface area contributed by atoms with Crippen LogP contribution in [0.5, 0.6) is 17.2 Å². The second kappa shape index (κ2) is 12.5. The number of urea groups is 2. The van der Waals surface area contributed by atoms with E-state index in [-0.39, 0.29) is 40.2 Å². The Morgan fingerprint density at radius 2 is 1.43 bits per heavy atom. The summed E-state index contributed by atoms with van der Waals surface area (Å²) in [7, 11) is 4.15. The number of nitrogens with one attached hydrogen (secondary N) is 1. The SMILES string of the molecule is COc1cc(CN2C(=O)N(c3cccc(C(F)(F)F)c3)[C@@H](N(O)C(=O)Nc3cccc(C(F)(F)F)c3)C2(C)C)cc(OC)c1OC. The molecule has 10 nitrogen and oxygen atoms in total. The van der Waals surface area contributed by atoms with Crippen LogP contribution in [0.2, 0.25) is 0 Å². The highest BCUT2D eigenvalue weighted by Gasteiger charge is 2.56. The van der Waals surface area contributed by atoms with Gasteiger partial charge in [-0.15, -0.1) is 0 Å². The molecular weight excluding hydrogens is 626 g/mol. The largest absolute Gasteiger partial charge is 0.493 e. The van der Waals surface area contributed by atoms with Crippen LogP contribution >= 0.6 is 0 Å². The summed E-state index contributed by atoms with van der Waals surface area (Å²) in [5.41, 5.74) is -3.93. The maximum absolute atomic E-state index is 14.1. The number of amides is 4. The van der Waals surface area contributed by atoms with Gasteiger partial charge < -0.3 is 24.4 Å². The topological polar surface area (TPSA) is 104 Å². The molecule has 16 heteroatoms. The zero-order chi connectivity index (χ0) is 34.2.